The van der Waals surface area contributed by atoms with Crippen molar-refractivity contribution in [3.8, 4) is 11.1 Å². The molecular weight excluding hydrogens is 467 g/mol. The van der Waals surface area contributed by atoms with Gasteiger partial charge in [-0.2, -0.15) is 0 Å². The van der Waals surface area contributed by atoms with Gasteiger partial charge in [-0.25, -0.2) is 9.97 Å². The average molecular weight is 489 g/mol. The lowest BCUT2D eigenvalue weighted by Gasteiger charge is -2.32. The Kier molecular flexibility index (Phi) is 5.78. The zero-order chi connectivity index (χ0) is 23.9. The maximum atomic E-state index is 12.6. The van der Waals surface area contributed by atoms with Crippen LogP contribution < -0.4 is 5.32 Å². The summed E-state index contributed by atoms with van der Waals surface area (Å²) in [7, 11) is 3.70. The van der Waals surface area contributed by atoms with Crippen LogP contribution in [-0.2, 0) is 12.6 Å². The smallest absolute Gasteiger partial charge is 0.157 e. The van der Waals surface area contributed by atoms with E-state index < -0.39 is 5.60 Å². The van der Waals surface area contributed by atoms with Gasteiger partial charge >= 0.3 is 0 Å². The summed E-state index contributed by atoms with van der Waals surface area (Å²) in [6, 6.07) is 22.6. The molecule has 2 aromatic heterocycles. The highest BCUT2D eigenvalue weighted by atomic mass is 35.5. The minimum Gasteiger partial charge on any atom is -0.374 e. The highest BCUT2D eigenvalue weighted by Crippen LogP contribution is 2.44. The second kappa shape index (κ2) is 8.76. The lowest BCUT2D eigenvalue weighted by atomic mass is 9.78. The first-order chi connectivity index (χ1) is 16.4. The number of hydrogen-bond acceptors (Lipinski definition) is 4. The van der Waals surface area contributed by atoms with E-state index in [1.165, 1.54) is 0 Å². The second-order valence-electron chi connectivity index (χ2n) is 8.12. The number of aromatic nitrogens is 3. The molecule has 0 bridgehead atoms. The van der Waals surface area contributed by atoms with E-state index in [2.05, 4.69) is 10.3 Å². The summed E-state index contributed by atoms with van der Waals surface area (Å²) in [5.74, 6) is 0.761. The molecule has 0 aliphatic heterocycles. The fourth-order valence-corrected chi connectivity index (χ4v) is 4.75. The molecule has 7 heteroatoms. The maximum absolute atomic E-state index is 12.6. The number of pyridine rings is 1. The van der Waals surface area contributed by atoms with Gasteiger partial charge in [-0.05, 0) is 59.2 Å². The van der Waals surface area contributed by atoms with Gasteiger partial charge in [-0.3, -0.25) is 0 Å². The fraction of sp³-hybridized carbons (Fsp3) is 0.111. The summed E-state index contributed by atoms with van der Waals surface area (Å²) in [6.45, 7) is 0. The third kappa shape index (κ3) is 3.72. The Bertz CT molecular complexity index is 1500. The van der Waals surface area contributed by atoms with Gasteiger partial charge in [0, 0.05) is 35.1 Å². The number of imidazole rings is 1. The van der Waals surface area contributed by atoms with E-state index in [0.29, 0.717) is 26.9 Å². The first kappa shape index (κ1) is 22.4. The van der Waals surface area contributed by atoms with Crippen LogP contribution in [0.15, 0.2) is 85.3 Å². The van der Waals surface area contributed by atoms with Crippen LogP contribution in [0.4, 0.5) is 5.82 Å². The molecule has 1 atom stereocenters. The Morgan fingerprint density at radius 1 is 0.941 bits per heavy atom. The van der Waals surface area contributed by atoms with Crippen molar-refractivity contribution in [3.05, 3.63) is 112 Å². The summed E-state index contributed by atoms with van der Waals surface area (Å²) in [5, 5.41) is 17.8. The number of aliphatic hydroxyl groups is 1. The molecule has 5 aromatic rings. The number of nitrogens with zero attached hydrogens (tertiary/aromatic N) is 3. The Morgan fingerprint density at radius 3 is 2.41 bits per heavy atom. The molecule has 0 radical (unpaired) electrons. The van der Waals surface area contributed by atoms with Gasteiger partial charge in [-0.1, -0.05) is 53.5 Å². The minimum atomic E-state index is -1.52. The monoisotopic (exact) mass is 488 g/mol. The molecule has 1 unspecified atom stereocenters. The lowest BCUT2D eigenvalue weighted by Crippen LogP contribution is -2.32. The molecule has 0 spiro atoms. The Balaban J connectivity index is 1.91. The predicted molar refractivity (Wildman–Crippen MR) is 138 cm³/mol. The van der Waals surface area contributed by atoms with Crippen LogP contribution >= 0.6 is 23.2 Å². The van der Waals surface area contributed by atoms with Gasteiger partial charge in [0.2, 0.25) is 0 Å². The van der Waals surface area contributed by atoms with Gasteiger partial charge in [0.05, 0.1) is 23.7 Å². The van der Waals surface area contributed by atoms with E-state index in [4.69, 9.17) is 28.2 Å². The Hall–Kier alpha value is -3.38. The van der Waals surface area contributed by atoms with Crippen molar-refractivity contribution in [2.24, 2.45) is 7.05 Å². The SMILES string of the molecule is CNc1ccc2c(-c3cccc(Cl)c3)c(C(O)(c3ccc(Cl)cc3)c3cncn3C)ccc2n1. The average Bonchev–Trinajstić information content (AvgIpc) is 3.29. The van der Waals surface area contributed by atoms with Gasteiger partial charge < -0.3 is 15.0 Å². The van der Waals surface area contributed by atoms with Gasteiger partial charge in [-0.15, -0.1) is 0 Å². The van der Waals surface area contributed by atoms with Crippen LogP contribution in [0.5, 0.6) is 0 Å². The van der Waals surface area contributed by atoms with E-state index in [0.717, 1.165) is 27.8 Å². The second-order valence-corrected chi connectivity index (χ2v) is 8.99. The predicted octanol–water partition coefficient (Wildman–Crippen LogP) is 6.27. The van der Waals surface area contributed by atoms with Crippen molar-refractivity contribution in [1.82, 2.24) is 14.5 Å². The van der Waals surface area contributed by atoms with E-state index >= 15 is 0 Å². The molecule has 0 amide bonds. The molecule has 170 valence electrons. The molecule has 5 nitrogen and oxygen atoms in total. The summed E-state index contributed by atoms with van der Waals surface area (Å²) in [5.41, 5.74) is 2.97. The van der Waals surface area contributed by atoms with Crippen molar-refractivity contribution in [2.75, 3.05) is 12.4 Å². The molecule has 0 saturated heterocycles. The van der Waals surface area contributed by atoms with E-state index in [1.807, 2.05) is 79.3 Å². The number of nitrogens with one attached hydrogen (secondary N) is 1. The first-order valence-electron chi connectivity index (χ1n) is 10.7. The van der Waals surface area contributed by atoms with Crippen molar-refractivity contribution in [2.45, 2.75) is 5.60 Å². The molecule has 34 heavy (non-hydrogen) atoms. The third-order valence-electron chi connectivity index (χ3n) is 6.08. The van der Waals surface area contributed by atoms with Gasteiger partial charge in [0.25, 0.3) is 0 Å². The molecule has 0 aliphatic rings. The van der Waals surface area contributed by atoms with Crippen LogP contribution in [0.3, 0.4) is 0 Å². The number of anilines is 1. The standard InChI is InChI=1S/C27H22Cl2N4O/c1-30-25-13-10-21-23(32-25)12-11-22(26(21)17-4-3-5-20(29)14-17)27(34,24-15-31-16-33(24)2)18-6-8-19(28)9-7-18/h3-16,34H,1-2H3,(H,30,32). The molecule has 0 fully saturated rings. The third-order valence-corrected chi connectivity index (χ3v) is 6.57. The summed E-state index contributed by atoms with van der Waals surface area (Å²) >= 11 is 12.6. The fourth-order valence-electron chi connectivity index (χ4n) is 4.44. The van der Waals surface area contributed by atoms with Crippen molar-refractivity contribution in [1.29, 1.82) is 0 Å². The number of hydrogen-bond donors (Lipinski definition) is 2. The lowest BCUT2D eigenvalue weighted by molar-refractivity contribution is 0.118. The number of aryl methyl sites for hydroxylation is 1. The van der Waals surface area contributed by atoms with Crippen molar-refractivity contribution < 1.29 is 5.11 Å². The number of rotatable bonds is 5. The van der Waals surface area contributed by atoms with Gasteiger partial charge in [0.15, 0.2) is 5.60 Å². The van der Waals surface area contributed by atoms with Gasteiger partial charge in [0.1, 0.15) is 5.82 Å². The van der Waals surface area contributed by atoms with Crippen LogP contribution in [0, 0.1) is 0 Å². The van der Waals surface area contributed by atoms with Crippen molar-refractivity contribution >= 4 is 39.9 Å². The topological polar surface area (TPSA) is 63.0 Å². The zero-order valence-electron chi connectivity index (χ0n) is 18.6. The molecule has 2 heterocycles. The number of fused-ring (bicyclic) bond motifs is 1. The molecule has 5 rings (SSSR count). The number of benzene rings is 3. The van der Waals surface area contributed by atoms with Crippen molar-refractivity contribution in [3.63, 3.8) is 0 Å². The van der Waals surface area contributed by atoms with Crippen LogP contribution in [-0.4, -0.2) is 26.7 Å². The largest absolute Gasteiger partial charge is 0.374 e. The Labute approximate surface area is 207 Å². The normalized spacial score (nSPS) is 13.1. The minimum absolute atomic E-state index is 0.591. The quantitative estimate of drug-likeness (QED) is 0.306. The summed E-state index contributed by atoms with van der Waals surface area (Å²) in [4.78, 5) is 9.02. The zero-order valence-corrected chi connectivity index (χ0v) is 20.1. The van der Waals surface area contributed by atoms with E-state index in [1.54, 1.807) is 24.7 Å². The molecule has 0 saturated carbocycles. The summed E-state index contributed by atoms with van der Waals surface area (Å²) in [6.07, 6.45) is 3.36. The highest BCUT2D eigenvalue weighted by molar-refractivity contribution is 6.31. The molecular formula is C27H22Cl2N4O. The Morgan fingerprint density at radius 2 is 1.74 bits per heavy atom. The highest BCUT2D eigenvalue weighted by Gasteiger charge is 2.39. The molecule has 0 aliphatic carbocycles. The first-order valence-corrected chi connectivity index (χ1v) is 11.5. The summed E-state index contributed by atoms with van der Waals surface area (Å²) < 4.78 is 1.82. The number of halogens is 2. The maximum Gasteiger partial charge on any atom is 0.157 e. The van der Waals surface area contributed by atoms with E-state index in [9.17, 15) is 5.11 Å². The van der Waals surface area contributed by atoms with Crippen LogP contribution in [0.25, 0.3) is 22.0 Å². The molecule has 3 aromatic carbocycles. The molecule has 2 N–H and O–H groups in total. The van der Waals surface area contributed by atoms with Crippen LogP contribution in [0.2, 0.25) is 10.0 Å². The van der Waals surface area contributed by atoms with Crippen LogP contribution in [0.1, 0.15) is 16.8 Å². The van der Waals surface area contributed by atoms with E-state index in [-0.39, 0.29) is 0 Å².